The molecule has 1 aromatic rings. The third-order valence-corrected chi connectivity index (χ3v) is 6.29. The lowest BCUT2D eigenvalue weighted by molar-refractivity contribution is 0.415. The van der Waals surface area contributed by atoms with E-state index in [0.717, 1.165) is 31.4 Å². The Morgan fingerprint density at radius 1 is 1.38 bits per heavy atom. The van der Waals surface area contributed by atoms with Crippen LogP contribution in [0, 0.1) is 5.92 Å². The van der Waals surface area contributed by atoms with Gasteiger partial charge in [0.1, 0.15) is 0 Å². The molecule has 0 bridgehead atoms. The summed E-state index contributed by atoms with van der Waals surface area (Å²) in [5.74, 6) is 0.788. The molecule has 21 heavy (non-hydrogen) atoms. The summed E-state index contributed by atoms with van der Waals surface area (Å²) in [6.07, 6.45) is 2.53. The van der Waals surface area contributed by atoms with Crippen LogP contribution in [0.1, 0.15) is 37.8 Å². The van der Waals surface area contributed by atoms with Crippen molar-refractivity contribution in [2.75, 3.05) is 18.1 Å². The fourth-order valence-corrected chi connectivity index (χ4v) is 5.12. The molecule has 0 saturated carbocycles. The molecule has 0 aliphatic carbocycles. The molecule has 2 rings (SSSR count). The molecule has 2 unspecified atom stereocenters. The standard InChI is InChI=1S/C15H21Cl2NO2S/c1-2-6-18-15(8-11-5-7-21(19,20)10-11)13-9-12(16)3-4-14(13)17/h3-4,9,11,15,18H,2,5-8,10H2,1H3. The van der Waals surface area contributed by atoms with Crippen LogP contribution in [0.25, 0.3) is 0 Å². The van der Waals surface area contributed by atoms with Gasteiger partial charge in [0.15, 0.2) is 9.84 Å². The van der Waals surface area contributed by atoms with Gasteiger partial charge < -0.3 is 5.32 Å². The highest BCUT2D eigenvalue weighted by Gasteiger charge is 2.30. The lowest BCUT2D eigenvalue weighted by Crippen LogP contribution is -2.25. The van der Waals surface area contributed by atoms with E-state index in [9.17, 15) is 8.42 Å². The minimum atomic E-state index is -2.85. The average molecular weight is 350 g/mol. The van der Waals surface area contributed by atoms with Gasteiger partial charge in [0.25, 0.3) is 0 Å². The molecule has 0 spiro atoms. The van der Waals surface area contributed by atoms with Gasteiger partial charge in [0, 0.05) is 16.1 Å². The fourth-order valence-electron chi connectivity index (χ4n) is 2.81. The average Bonchev–Trinajstić information content (AvgIpc) is 2.77. The van der Waals surface area contributed by atoms with Gasteiger partial charge in [-0.2, -0.15) is 0 Å². The molecule has 1 aliphatic heterocycles. The zero-order valence-corrected chi connectivity index (χ0v) is 14.4. The van der Waals surface area contributed by atoms with Gasteiger partial charge in [-0.25, -0.2) is 8.42 Å². The number of benzene rings is 1. The summed E-state index contributed by atoms with van der Waals surface area (Å²) >= 11 is 12.4. The number of rotatable bonds is 6. The smallest absolute Gasteiger partial charge is 0.150 e. The van der Waals surface area contributed by atoms with Crippen LogP contribution < -0.4 is 5.32 Å². The maximum Gasteiger partial charge on any atom is 0.150 e. The first-order chi connectivity index (χ1) is 9.91. The second-order valence-corrected chi connectivity index (χ2v) is 8.75. The number of sulfone groups is 1. The van der Waals surface area contributed by atoms with Crippen molar-refractivity contribution < 1.29 is 8.42 Å². The van der Waals surface area contributed by atoms with E-state index in [0.29, 0.717) is 15.8 Å². The van der Waals surface area contributed by atoms with Gasteiger partial charge in [0.2, 0.25) is 0 Å². The first kappa shape index (κ1) is 17.1. The van der Waals surface area contributed by atoms with Crippen LogP contribution in [0.15, 0.2) is 18.2 Å². The Bertz CT molecular complexity index is 589. The van der Waals surface area contributed by atoms with E-state index in [1.165, 1.54) is 0 Å². The summed E-state index contributed by atoms with van der Waals surface area (Å²) in [6.45, 7) is 2.97. The zero-order chi connectivity index (χ0) is 15.5. The van der Waals surface area contributed by atoms with Crippen molar-refractivity contribution in [1.29, 1.82) is 0 Å². The molecule has 2 atom stereocenters. The Morgan fingerprint density at radius 3 is 2.76 bits per heavy atom. The topological polar surface area (TPSA) is 46.2 Å². The van der Waals surface area contributed by atoms with Crippen LogP contribution in [0.5, 0.6) is 0 Å². The van der Waals surface area contributed by atoms with Crippen molar-refractivity contribution in [2.24, 2.45) is 5.92 Å². The molecular weight excluding hydrogens is 329 g/mol. The number of hydrogen-bond donors (Lipinski definition) is 1. The van der Waals surface area contributed by atoms with E-state index in [2.05, 4.69) is 12.2 Å². The third-order valence-electron chi connectivity index (χ3n) is 3.87. The minimum absolute atomic E-state index is 0.0504. The second kappa shape index (κ2) is 7.32. The molecule has 1 saturated heterocycles. The van der Waals surface area contributed by atoms with E-state index < -0.39 is 9.84 Å². The first-order valence-corrected chi connectivity index (χ1v) is 9.87. The number of halogens is 2. The Labute approximate surface area is 136 Å². The maximum atomic E-state index is 11.6. The van der Waals surface area contributed by atoms with Gasteiger partial charge in [0.05, 0.1) is 11.5 Å². The normalized spacial score (nSPS) is 22.3. The van der Waals surface area contributed by atoms with Gasteiger partial charge in [-0.15, -0.1) is 0 Å². The Morgan fingerprint density at radius 2 is 2.14 bits per heavy atom. The third kappa shape index (κ3) is 4.85. The lowest BCUT2D eigenvalue weighted by Gasteiger charge is -2.23. The number of hydrogen-bond acceptors (Lipinski definition) is 3. The molecule has 0 radical (unpaired) electrons. The summed E-state index contributed by atoms with van der Waals surface area (Å²) in [5, 5.41) is 4.79. The van der Waals surface area contributed by atoms with E-state index in [-0.39, 0.29) is 17.7 Å². The second-order valence-electron chi connectivity index (χ2n) is 5.68. The van der Waals surface area contributed by atoms with Crippen LogP contribution >= 0.6 is 23.2 Å². The van der Waals surface area contributed by atoms with Gasteiger partial charge in [-0.1, -0.05) is 30.1 Å². The molecule has 1 heterocycles. The van der Waals surface area contributed by atoms with Crippen LogP contribution in [-0.2, 0) is 9.84 Å². The molecule has 1 fully saturated rings. The van der Waals surface area contributed by atoms with Crippen LogP contribution in [-0.4, -0.2) is 26.5 Å². The molecule has 1 aliphatic rings. The quantitative estimate of drug-likeness (QED) is 0.847. The molecule has 1 N–H and O–H groups in total. The lowest BCUT2D eigenvalue weighted by atomic mass is 9.94. The summed E-state index contributed by atoms with van der Waals surface area (Å²) in [6, 6.07) is 5.49. The Balaban J connectivity index is 2.16. The molecule has 0 aromatic heterocycles. The largest absolute Gasteiger partial charge is 0.310 e. The van der Waals surface area contributed by atoms with E-state index in [1.807, 2.05) is 6.07 Å². The first-order valence-electron chi connectivity index (χ1n) is 7.30. The molecule has 3 nitrogen and oxygen atoms in total. The van der Waals surface area contributed by atoms with Crippen LogP contribution in [0.3, 0.4) is 0 Å². The molecule has 0 amide bonds. The Hall–Kier alpha value is -0.290. The molecule has 6 heteroatoms. The molecule has 1 aromatic carbocycles. The van der Waals surface area contributed by atoms with Crippen LogP contribution in [0.2, 0.25) is 10.0 Å². The fraction of sp³-hybridized carbons (Fsp3) is 0.600. The summed E-state index contributed by atoms with van der Waals surface area (Å²) in [7, 11) is -2.85. The zero-order valence-electron chi connectivity index (χ0n) is 12.1. The van der Waals surface area contributed by atoms with Crippen LogP contribution in [0.4, 0.5) is 0 Å². The van der Waals surface area contributed by atoms with Crippen molar-refractivity contribution in [3.05, 3.63) is 33.8 Å². The highest BCUT2D eigenvalue weighted by Crippen LogP contribution is 2.33. The Kier molecular flexibility index (Phi) is 5.95. The molecule has 118 valence electrons. The van der Waals surface area contributed by atoms with Gasteiger partial charge in [-0.3, -0.25) is 0 Å². The van der Waals surface area contributed by atoms with Gasteiger partial charge >= 0.3 is 0 Å². The highest BCUT2D eigenvalue weighted by molar-refractivity contribution is 7.91. The van der Waals surface area contributed by atoms with Crippen molar-refractivity contribution >= 4 is 33.0 Å². The monoisotopic (exact) mass is 349 g/mol. The van der Waals surface area contributed by atoms with Crippen molar-refractivity contribution in [2.45, 2.75) is 32.2 Å². The van der Waals surface area contributed by atoms with E-state index >= 15 is 0 Å². The van der Waals surface area contributed by atoms with Gasteiger partial charge in [-0.05, 0) is 55.5 Å². The minimum Gasteiger partial charge on any atom is -0.310 e. The van der Waals surface area contributed by atoms with Crippen molar-refractivity contribution in [3.8, 4) is 0 Å². The maximum absolute atomic E-state index is 11.6. The predicted molar refractivity (Wildman–Crippen MR) is 88.9 cm³/mol. The summed E-state index contributed by atoms with van der Waals surface area (Å²) in [4.78, 5) is 0. The van der Waals surface area contributed by atoms with Crippen molar-refractivity contribution in [1.82, 2.24) is 5.32 Å². The number of nitrogens with one attached hydrogen (secondary N) is 1. The van der Waals surface area contributed by atoms with Crippen molar-refractivity contribution in [3.63, 3.8) is 0 Å². The summed E-state index contributed by atoms with van der Waals surface area (Å²) in [5.41, 5.74) is 0.960. The highest BCUT2D eigenvalue weighted by atomic mass is 35.5. The molecular formula is C15H21Cl2NO2S. The van der Waals surface area contributed by atoms with E-state index in [4.69, 9.17) is 23.2 Å². The predicted octanol–water partition coefficient (Wildman–Crippen LogP) is 3.86. The SMILES string of the molecule is CCCNC(CC1CCS(=O)(=O)C1)c1cc(Cl)ccc1Cl. The summed E-state index contributed by atoms with van der Waals surface area (Å²) < 4.78 is 23.3. The van der Waals surface area contributed by atoms with E-state index in [1.54, 1.807) is 12.1 Å².